The molecule has 2 heterocycles. The lowest BCUT2D eigenvalue weighted by Crippen LogP contribution is -2.42. The van der Waals surface area contributed by atoms with Gasteiger partial charge in [0.05, 0.1) is 18.1 Å². The van der Waals surface area contributed by atoms with Crippen LogP contribution in [0, 0.1) is 0 Å². The molecule has 5 heteroatoms. The fourth-order valence-electron chi connectivity index (χ4n) is 2.66. The van der Waals surface area contributed by atoms with Crippen LogP contribution in [0.1, 0.15) is 23.2 Å². The van der Waals surface area contributed by atoms with Crippen LogP contribution in [-0.4, -0.2) is 37.0 Å². The fourth-order valence-corrected chi connectivity index (χ4v) is 2.66. The Balaban J connectivity index is 1.95. The highest BCUT2D eigenvalue weighted by atomic mass is 16.5. The summed E-state index contributed by atoms with van der Waals surface area (Å²) in [5.74, 6) is 0.647. The predicted octanol–water partition coefficient (Wildman–Crippen LogP) is 2.00. The molecule has 0 unspecified atom stereocenters. The number of ether oxygens (including phenoxy) is 1. The van der Waals surface area contributed by atoms with Crippen molar-refractivity contribution < 1.29 is 13.9 Å². The number of amides is 1. The van der Waals surface area contributed by atoms with Gasteiger partial charge in [0.15, 0.2) is 0 Å². The van der Waals surface area contributed by atoms with Gasteiger partial charge in [-0.05, 0) is 25.0 Å². The van der Waals surface area contributed by atoms with E-state index in [0.29, 0.717) is 30.0 Å². The first-order valence-electron chi connectivity index (χ1n) is 6.79. The highest BCUT2D eigenvalue weighted by Crippen LogP contribution is 2.31. The number of piperidine rings is 1. The number of furan rings is 1. The lowest BCUT2D eigenvalue weighted by Gasteiger charge is -2.29. The minimum atomic E-state index is -0.0137. The number of nitrogens with two attached hydrogens (primary N) is 1. The Kier molecular flexibility index (Phi) is 3.36. The van der Waals surface area contributed by atoms with Gasteiger partial charge < -0.3 is 19.8 Å². The molecule has 3 rings (SSSR count). The summed E-state index contributed by atoms with van der Waals surface area (Å²) in [6, 6.07) is 5.72. The highest BCUT2D eigenvalue weighted by Gasteiger charge is 2.25. The predicted molar refractivity (Wildman–Crippen MR) is 75.9 cm³/mol. The van der Waals surface area contributed by atoms with Crippen molar-refractivity contribution >= 4 is 16.9 Å². The van der Waals surface area contributed by atoms with Crippen molar-refractivity contribution in [2.75, 3.05) is 20.2 Å². The zero-order valence-electron chi connectivity index (χ0n) is 11.5. The SMILES string of the molecule is COc1cccc2occ(C(=O)N3CCC(N)CC3)c12. The lowest BCUT2D eigenvalue weighted by atomic mass is 10.0. The average molecular weight is 274 g/mol. The van der Waals surface area contributed by atoms with E-state index in [1.165, 1.54) is 6.26 Å². The Morgan fingerprint density at radius 3 is 2.85 bits per heavy atom. The van der Waals surface area contributed by atoms with E-state index in [1.54, 1.807) is 7.11 Å². The topological polar surface area (TPSA) is 68.7 Å². The van der Waals surface area contributed by atoms with E-state index in [4.69, 9.17) is 14.9 Å². The van der Waals surface area contributed by atoms with E-state index >= 15 is 0 Å². The Morgan fingerprint density at radius 2 is 2.15 bits per heavy atom. The fraction of sp³-hybridized carbons (Fsp3) is 0.400. The molecular weight excluding hydrogens is 256 g/mol. The van der Waals surface area contributed by atoms with E-state index in [1.807, 2.05) is 23.1 Å². The third-order valence-corrected chi connectivity index (χ3v) is 3.84. The summed E-state index contributed by atoms with van der Waals surface area (Å²) in [5.41, 5.74) is 7.11. The first-order chi connectivity index (χ1) is 9.70. The number of likely N-dealkylation sites (tertiary alicyclic amines) is 1. The lowest BCUT2D eigenvalue weighted by molar-refractivity contribution is 0.0715. The molecule has 20 heavy (non-hydrogen) atoms. The number of rotatable bonds is 2. The molecule has 1 aromatic heterocycles. The summed E-state index contributed by atoms with van der Waals surface area (Å²) in [6.45, 7) is 1.39. The van der Waals surface area contributed by atoms with E-state index in [-0.39, 0.29) is 11.9 Å². The van der Waals surface area contributed by atoms with Crippen LogP contribution < -0.4 is 10.5 Å². The molecule has 0 atom stereocenters. The molecule has 106 valence electrons. The summed E-state index contributed by atoms with van der Waals surface area (Å²) in [7, 11) is 1.59. The number of nitrogens with zero attached hydrogens (tertiary/aromatic N) is 1. The van der Waals surface area contributed by atoms with Crippen LogP contribution in [0.4, 0.5) is 0 Å². The van der Waals surface area contributed by atoms with Crippen molar-refractivity contribution in [1.29, 1.82) is 0 Å². The van der Waals surface area contributed by atoms with E-state index in [0.717, 1.165) is 18.2 Å². The standard InChI is InChI=1S/C15H18N2O3/c1-19-12-3-2-4-13-14(12)11(9-20-13)15(18)17-7-5-10(16)6-8-17/h2-4,9-10H,5-8,16H2,1H3. The summed E-state index contributed by atoms with van der Waals surface area (Å²) < 4.78 is 10.8. The maximum Gasteiger partial charge on any atom is 0.257 e. The summed E-state index contributed by atoms with van der Waals surface area (Å²) in [5, 5.41) is 0.745. The van der Waals surface area contributed by atoms with Gasteiger partial charge in [-0.3, -0.25) is 4.79 Å². The Bertz CT molecular complexity index is 627. The highest BCUT2D eigenvalue weighted by molar-refractivity contribution is 6.08. The monoisotopic (exact) mass is 274 g/mol. The van der Waals surface area contributed by atoms with E-state index in [9.17, 15) is 4.79 Å². The normalized spacial score (nSPS) is 16.6. The Hall–Kier alpha value is -2.01. The molecule has 0 bridgehead atoms. The van der Waals surface area contributed by atoms with Crippen LogP contribution in [0.2, 0.25) is 0 Å². The molecule has 1 aromatic carbocycles. The second-order valence-electron chi connectivity index (χ2n) is 5.11. The molecule has 0 radical (unpaired) electrons. The van der Waals surface area contributed by atoms with Crippen LogP contribution in [0.3, 0.4) is 0 Å². The third kappa shape index (κ3) is 2.14. The van der Waals surface area contributed by atoms with Crippen LogP contribution in [0.5, 0.6) is 5.75 Å². The maximum absolute atomic E-state index is 12.6. The molecule has 2 N–H and O–H groups in total. The number of methoxy groups -OCH3 is 1. The number of hydrogen-bond donors (Lipinski definition) is 1. The molecule has 0 aliphatic carbocycles. The van der Waals surface area contributed by atoms with Gasteiger partial charge in [-0.2, -0.15) is 0 Å². The Labute approximate surface area is 117 Å². The van der Waals surface area contributed by atoms with Crippen molar-refractivity contribution in [1.82, 2.24) is 4.90 Å². The molecule has 1 saturated heterocycles. The zero-order valence-corrected chi connectivity index (χ0v) is 11.5. The van der Waals surface area contributed by atoms with Crippen molar-refractivity contribution in [2.24, 2.45) is 5.73 Å². The third-order valence-electron chi connectivity index (χ3n) is 3.84. The minimum absolute atomic E-state index is 0.0137. The van der Waals surface area contributed by atoms with Crippen LogP contribution in [-0.2, 0) is 0 Å². The van der Waals surface area contributed by atoms with Crippen LogP contribution >= 0.6 is 0 Å². The summed E-state index contributed by atoms with van der Waals surface area (Å²) >= 11 is 0. The molecule has 2 aromatic rings. The molecule has 0 spiro atoms. The Morgan fingerprint density at radius 1 is 1.40 bits per heavy atom. The van der Waals surface area contributed by atoms with Crippen LogP contribution in [0.25, 0.3) is 11.0 Å². The molecule has 0 saturated carbocycles. The summed E-state index contributed by atoms with van der Waals surface area (Å²) in [6.07, 6.45) is 3.21. The largest absolute Gasteiger partial charge is 0.496 e. The first-order valence-corrected chi connectivity index (χ1v) is 6.79. The number of benzene rings is 1. The van der Waals surface area contributed by atoms with Gasteiger partial charge in [0.1, 0.15) is 17.6 Å². The molecule has 1 aliphatic rings. The van der Waals surface area contributed by atoms with Gasteiger partial charge in [0.2, 0.25) is 0 Å². The van der Waals surface area contributed by atoms with E-state index < -0.39 is 0 Å². The molecule has 1 aliphatic heterocycles. The second kappa shape index (κ2) is 5.17. The molecular formula is C15H18N2O3. The van der Waals surface area contributed by atoms with Crippen molar-refractivity contribution in [3.05, 3.63) is 30.0 Å². The van der Waals surface area contributed by atoms with Crippen LogP contribution in [0.15, 0.2) is 28.9 Å². The van der Waals surface area contributed by atoms with Gasteiger partial charge in [-0.25, -0.2) is 0 Å². The quantitative estimate of drug-likeness (QED) is 0.909. The van der Waals surface area contributed by atoms with E-state index in [2.05, 4.69) is 0 Å². The number of hydrogen-bond acceptors (Lipinski definition) is 4. The van der Waals surface area contributed by atoms with Gasteiger partial charge in [-0.1, -0.05) is 6.07 Å². The van der Waals surface area contributed by atoms with Crippen molar-refractivity contribution in [3.63, 3.8) is 0 Å². The smallest absolute Gasteiger partial charge is 0.257 e. The number of fused-ring (bicyclic) bond motifs is 1. The van der Waals surface area contributed by atoms with Crippen molar-refractivity contribution in [2.45, 2.75) is 18.9 Å². The van der Waals surface area contributed by atoms with Crippen molar-refractivity contribution in [3.8, 4) is 5.75 Å². The molecule has 5 nitrogen and oxygen atoms in total. The summed E-state index contributed by atoms with van der Waals surface area (Å²) in [4.78, 5) is 14.5. The average Bonchev–Trinajstić information content (AvgIpc) is 2.91. The second-order valence-corrected chi connectivity index (χ2v) is 5.11. The van der Waals surface area contributed by atoms with Gasteiger partial charge in [0, 0.05) is 19.1 Å². The van der Waals surface area contributed by atoms with Gasteiger partial charge >= 0.3 is 0 Å². The van der Waals surface area contributed by atoms with Gasteiger partial charge in [-0.15, -0.1) is 0 Å². The first kappa shape index (κ1) is 13.0. The number of carbonyl (C=O) groups is 1. The minimum Gasteiger partial charge on any atom is -0.496 e. The molecule has 1 fully saturated rings. The zero-order chi connectivity index (χ0) is 14.1. The number of carbonyl (C=O) groups excluding carboxylic acids is 1. The van der Waals surface area contributed by atoms with Gasteiger partial charge in [0.25, 0.3) is 5.91 Å². The maximum atomic E-state index is 12.6. The molecule has 1 amide bonds.